The molecule has 1 aromatic heterocycles. The van der Waals surface area contributed by atoms with Crippen LogP contribution in [0.15, 0.2) is 24.3 Å². The molecule has 0 radical (unpaired) electrons. The minimum atomic E-state index is -0.954. The van der Waals surface area contributed by atoms with E-state index >= 15 is 0 Å². The first kappa shape index (κ1) is 19.8. The van der Waals surface area contributed by atoms with Crippen molar-refractivity contribution in [2.75, 3.05) is 0 Å². The number of amides is 1. The summed E-state index contributed by atoms with van der Waals surface area (Å²) in [6.07, 6.45) is 6.79. The minimum Gasteiger partial charge on any atom is -0.478 e. The van der Waals surface area contributed by atoms with E-state index < -0.39 is 5.60 Å². The van der Waals surface area contributed by atoms with E-state index in [-0.39, 0.29) is 17.4 Å². The molecule has 7 nitrogen and oxygen atoms in total. The number of carbonyl (C=O) groups is 1. The number of aromatic amines is 1. The molecule has 2 N–H and O–H groups in total. The second kappa shape index (κ2) is 7.22. The van der Waals surface area contributed by atoms with Crippen molar-refractivity contribution in [3.8, 4) is 5.75 Å². The molecule has 0 aliphatic heterocycles. The molecule has 4 fully saturated rings. The molecule has 1 amide bonds. The van der Waals surface area contributed by atoms with Crippen molar-refractivity contribution in [1.82, 2.24) is 25.9 Å². The van der Waals surface area contributed by atoms with Crippen LogP contribution >= 0.6 is 11.6 Å². The maximum absolute atomic E-state index is 13.2. The van der Waals surface area contributed by atoms with E-state index in [2.05, 4.69) is 25.9 Å². The molecule has 6 rings (SSSR count). The van der Waals surface area contributed by atoms with Crippen LogP contribution < -0.4 is 10.1 Å². The summed E-state index contributed by atoms with van der Waals surface area (Å²) in [5.74, 6) is 3.18. The first-order valence-electron chi connectivity index (χ1n) is 10.8. The second-order valence-corrected chi connectivity index (χ2v) is 10.5. The summed E-state index contributed by atoms with van der Waals surface area (Å²) in [4.78, 5) is 13.2. The Labute approximate surface area is 181 Å². The SMILES string of the molecule is CC(C)(Oc1ccc(Cl)cc1)C(=O)NC1C2CC3C[C@H]1CC(Cc1nn[nH]n1)(C3)C2. The second-order valence-electron chi connectivity index (χ2n) is 10.0. The summed E-state index contributed by atoms with van der Waals surface area (Å²) in [5, 5.41) is 18.7. The summed E-state index contributed by atoms with van der Waals surface area (Å²) < 4.78 is 6.00. The number of H-pyrrole nitrogens is 1. The summed E-state index contributed by atoms with van der Waals surface area (Å²) in [6, 6.07) is 7.35. The van der Waals surface area contributed by atoms with Crippen molar-refractivity contribution in [2.24, 2.45) is 23.2 Å². The van der Waals surface area contributed by atoms with Crippen molar-refractivity contribution in [3.63, 3.8) is 0 Å². The Morgan fingerprint density at radius 1 is 1.23 bits per heavy atom. The van der Waals surface area contributed by atoms with Gasteiger partial charge in [-0.15, -0.1) is 10.2 Å². The lowest BCUT2D eigenvalue weighted by atomic mass is 9.47. The summed E-state index contributed by atoms with van der Waals surface area (Å²) in [6.45, 7) is 3.65. The van der Waals surface area contributed by atoms with E-state index in [1.165, 1.54) is 19.3 Å². The molecule has 4 aliphatic carbocycles. The number of rotatable bonds is 6. The van der Waals surface area contributed by atoms with Gasteiger partial charge >= 0.3 is 0 Å². The van der Waals surface area contributed by atoms with Crippen LogP contribution in [0, 0.1) is 23.2 Å². The number of benzene rings is 1. The molecule has 160 valence electrons. The Bertz CT molecular complexity index is 898. The largest absolute Gasteiger partial charge is 0.478 e. The number of carbonyl (C=O) groups excluding carboxylic acids is 1. The number of tetrazole rings is 1. The van der Waals surface area contributed by atoms with Crippen LogP contribution in [0.3, 0.4) is 0 Å². The maximum atomic E-state index is 13.2. The fourth-order valence-corrected chi connectivity index (χ4v) is 6.53. The van der Waals surface area contributed by atoms with Crippen LogP contribution in [-0.4, -0.2) is 38.2 Å². The molecule has 4 bridgehead atoms. The van der Waals surface area contributed by atoms with Gasteiger partial charge in [-0.2, -0.15) is 5.21 Å². The fraction of sp³-hybridized carbons (Fsp3) is 0.636. The number of hydrogen-bond donors (Lipinski definition) is 2. The van der Waals surface area contributed by atoms with Gasteiger partial charge in [-0.25, -0.2) is 0 Å². The van der Waals surface area contributed by atoms with Crippen LogP contribution in [0.2, 0.25) is 5.02 Å². The van der Waals surface area contributed by atoms with Crippen molar-refractivity contribution in [2.45, 2.75) is 64.0 Å². The molecule has 1 heterocycles. The molecule has 4 saturated carbocycles. The topological polar surface area (TPSA) is 92.8 Å². The lowest BCUT2D eigenvalue weighted by Gasteiger charge is -2.60. The van der Waals surface area contributed by atoms with E-state index in [0.29, 0.717) is 22.6 Å². The Balaban J connectivity index is 1.27. The van der Waals surface area contributed by atoms with Crippen LogP contribution in [0.25, 0.3) is 0 Å². The lowest BCUT2D eigenvalue weighted by Crippen LogP contribution is -2.62. The molecule has 0 spiro atoms. The quantitative estimate of drug-likeness (QED) is 0.732. The van der Waals surface area contributed by atoms with E-state index in [4.69, 9.17) is 16.3 Å². The van der Waals surface area contributed by atoms with E-state index in [1.807, 2.05) is 13.8 Å². The minimum absolute atomic E-state index is 0.0536. The molecule has 5 atom stereocenters. The monoisotopic (exact) mass is 429 g/mol. The highest BCUT2D eigenvalue weighted by atomic mass is 35.5. The maximum Gasteiger partial charge on any atom is 0.263 e. The molecule has 4 unspecified atom stereocenters. The van der Waals surface area contributed by atoms with Gasteiger partial charge in [0.25, 0.3) is 5.91 Å². The molecule has 1 aromatic carbocycles. The zero-order valence-electron chi connectivity index (χ0n) is 17.4. The molecular formula is C22H28ClN5O2. The third-order valence-corrected chi connectivity index (χ3v) is 7.61. The summed E-state index contributed by atoms with van der Waals surface area (Å²) >= 11 is 5.95. The molecular weight excluding hydrogens is 402 g/mol. The number of halogens is 1. The molecule has 4 aliphatic rings. The number of hydrogen-bond acceptors (Lipinski definition) is 5. The Morgan fingerprint density at radius 3 is 2.57 bits per heavy atom. The van der Waals surface area contributed by atoms with Gasteiger partial charge in [0.1, 0.15) is 5.75 Å². The van der Waals surface area contributed by atoms with Crippen LogP contribution in [0.5, 0.6) is 5.75 Å². The van der Waals surface area contributed by atoms with Gasteiger partial charge in [0.2, 0.25) is 0 Å². The zero-order valence-corrected chi connectivity index (χ0v) is 18.2. The highest BCUT2D eigenvalue weighted by molar-refractivity contribution is 6.30. The van der Waals surface area contributed by atoms with Gasteiger partial charge in [-0.3, -0.25) is 4.79 Å². The van der Waals surface area contributed by atoms with Gasteiger partial charge in [0.05, 0.1) is 0 Å². The fourth-order valence-electron chi connectivity index (χ4n) is 6.41. The summed E-state index contributed by atoms with van der Waals surface area (Å²) in [5.41, 5.74) is -0.693. The first-order chi connectivity index (χ1) is 14.3. The average molecular weight is 430 g/mol. The Hall–Kier alpha value is -2.15. The molecule has 8 heteroatoms. The van der Waals surface area contributed by atoms with Crippen molar-refractivity contribution in [3.05, 3.63) is 35.1 Å². The van der Waals surface area contributed by atoms with Gasteiger partial charge in [-0.05, 0) is 93.4 Å². The van der Waals surface area contributed by atoms with Crippen LogP contribution in [0.4, 0.5) is 0 Å². The molecule has 0 saturated heterocycles. The predicted molar refractivity (Wildman–Crippen MR) is 112 cm³/mol. The normalized spacial score (nSPS) is 32.2. The highest BCUT2D eigenvalue weighted by Gasteiger charge is 2.56. The predicted octanol–water partition coefficient (Wildman–Crippen LogP) is 3.56. The van der Waals surface area contributed by atoms with E-state index in [0.717, 1.165) is 31.0 Å². The standard InChI is InChI=1S/C22H28ClN5O2/c1-21(2,30-17-5-3-16(23)4-6-17)20(29)24-19-14-7-13-8-15(19)11-22(9-13,10-14)12-18-25-27-28-26-18/h3-6,13-15,19H,7-12H2,1-2H3,(H,24,29)(H,25,26,27,28)/t13?,14-,15?,19?,22?/m0/s1. The number of nitrogens with zero attached hydrogens (tertiary/aromatic N) is 3. The molecule has 2 aromatic rings. The Kier molecular flexibility index (Phi) is 4.76. The number of ether oxygens (including phenoxy) is 1. The smallest absolute Gasteiger partial charge is 0.263 e. The van der Waals surface area contributed by atoms with E-state index in [1.54, 1.807) is 24.3 Å². The first-order valence-corrected chi connectivity index (χ1v) is 11.2. The highest BCUT2D eigenvalue weighted by Crippen LogP contribution is 2.61. The third-order valence-electron chi connectivity index (χ3n) is 7.35. The van der Waals surface area contributed by atoms with Gasteiger partial charge in [0, 0.05) is 17.5 Å². The van der Waals surface area contributed by atoms with Crippen molar-refractivity contribution < 1.29 is 9.53 Å². The van der Waals surface area contributed by atoms with Gasteiger partial charge in [-0.1, -0.05) is 16.8 Å². The lowest BCUT2D eigenvalue weighted by molar-refractivity contribution is -0.140. The van der Waals surface area contributed by atoms with Crippen LogP contribution in [0.1, 0.15) is 51.8 Å². The zero-order chi connectivity index (χ0) is 20.9. The Morgan fingerprint density at radius 2 is 1.93 bits per heavy atom. The number of nitrogens with one attached hydrogen (secondary N) is 2. The van der Waals surface area contributed by atoms with Gasteiger partial charge < -0.3 is 10.1 Å². The van der Waals surface area contributed by atoms with Crippen molar-refractivity contribution in [1.29, 1.82) is 0 Å². The van der Waals surface area contributed by atoms with Gasteiger partial charge in [0.15, 0.2) is 11.4 Å². The third kappa shape index (κ3) is 3.68. The van der Waals surface area contributed by atoms with Crippen molar-refractivity contribution >= 4 is 17.5 Å². The molecule has 30 heavy (non-hydrogen) atoms. The van der Waals surface area contributed by atoms with E-state index in [9.17, 15) is 4.79 Å². The average Bonchev–Trinajstić information content (AvgIpc) is 3.18. The van der Waals surface area contributed by atoms with Crippen LogP contribution in [-0.2, 0) is 11.2 Å². The summed E-state index contributed by atoms with van der Waals surface area (Å²) in [7, 11) is 0. The number of aromatic nitrogens is 4.